The first-order chi connectivity index (χ1) is 12.3. The maximum Gasteiger partial charge on any atom is 0.0886 e. The Balaban J connectivity index is 1.98. The van der Waals surface area contributed by atoms with Crippen LogP contribution in [0.15, 0.2) is 42.7 Å². The smallest absolute Gasteiger partial charge is 0.0886 e. The maximum atomic E-state index is 4.73. The number of unbranched alkanes of at least 4 members (excludes halogenated alkanes) is 6. The highest BCUT2D eigenvalue weighted by atomic mass is 28.3. The average Bonchev–Trinajstić information content (AvgIpc) is 2.68. The van der Waals surface area contributed by atoms with Crippen molar-refractivity contribution in [1.82, 2.24) is 9.97 Å². The van der Waals surface area contributed by atoms with Gasteiger partial charge in [-0.25, -0.2) is 0 Å². The molecular weight excluding hydrogens is 320 g/mol. The minimum Gasteiger partial charge on any atom is -0.255 e. The van der Waals surface area contributed by atoms with Crippen LogP contribution in [0.25, 0.3) is 11.4 Å². The van der Waals surface area contributed by atoms with Gasteiger partial charge in [0.25, 0.3) is 0 Å². The van der Waals surface area contributed by atoms with Crippen LogP contribution in [0.1, 0.15) is 65.2 Å². The van der Waals surface area contributed by atoms with Crippen LogP contribution in [0, 0.1) is 0 Å². The Morgan fingerprint density at radius 2 is 1.40 bits per heavy atom. The van der Waals surface area contributed by atoms with Crippen LogP contribution in [-0.4, -0.2) is 18.8 Å². The lowest BCUT2D eigenvalue weighted by molar-refractivity contribution is 0.687. The fourth-order valence-electron chi connectivity index (χ4n) is 3.43. The lowest BCUT2D eigenvalue weighted by atomic mass is 10.2. The third kappa shape index (κ3) is 7.11. The van der Waals surface area contributed by atoms with Gasteiger partial charge in [-0.3, -0.25) is 9.97 Å². The van der Waals surface area contributed by atoms with E-state index >= 15 is 0 Å². The normalized spacial score (nSPS) is 11.2. The molecule has 0 atom stereocenters. The van der Waals surface area contributed by atoms with E-state index in [1.807, 2.05) is 24.4 Å². The highest BCUT2D eigenvalue weighted by Crippen LogP contribution is 2.16. The van der Waals surface area contributed by atoms with Gasteiger partial charge in [-0.1, -0.05) is 89.4 Å². The first-order valence-electron chi connectivity index (χ1n) is 10.2. The first-order valence-corrected chi connectivity index (χ1v) is 12.4. The van der Waals surface area contributed by atoms with Gasteiger partial charge in [-0.05, 0) is 23.4 Å². The molecule has 0 amide bonds. The average molecular weight is 355 g/mol. The van der Waals surface area contributed by atoms with Crippen molar-refractivity contribution in [3.63, 3.8) is 0 Å². The van der Waals surface area contributed by atoms with Crippen molar-refractivity contribution >= 4 is 14.0 Å². The molecule has 2 rings (SSSR count). The van der Waals surface area contributed by atoms with Crippen LogP contribution in [0.2, 0.25) is 12.1 Å². The highest BCUT2D eigenvalue weighted by Gasteiger charge is 2.14. The standard InChI is InChI=1S/C22H34N2Si/c1-3-5-7-11-17-25(18-12-8-6-4-2)20-14-15-22(24-19-20)21-13-9-10-16-23-21/h9-10,13-16,19,25H,3-8,11-12,17-18H2,1-2H3. The number of hydrogen-bond acceptors (Lipinski definition) is 2. The van der Waals surface area contributed by atoms with Crippen LogP contribution < -0.4 is 5.19 Å². The van der Waals surface area contributed by atoms with Crippen molar-refractivity contribution in [2.75, 3.05) is 0 Å². The summed E-state index contributed by atoms with van der Waals surface area (Å²) < 4.78 is 0. The zero-order valence-electron chi connectivity index (χ0n) is 16.1. The van der Waals surface area contributed by atoms with E-state index in [1.165, 1.54) is 63.5 Å². The van der Waals surface area contributed by atoms with Crippen LogP contribution in [0.5, 0.6) is 0 Å². The van der Waals surface area contributed by atoms with Crippen molar-refractivity contribution in [2.24, 2.45) is 0 Å². The molecule has 2 heterocycles. The van der Waals surface area contributed by atoms with E-state index < -0.39 is 8.80 Å². The molecule has 0 spiro atoms. The third-order valence-electron chi connectivity index (χ3n) is 5.00. The van der Waals surface area contributed by atoms with Gasteiger partial charge in [0.05, 0.1) is 20.2 Å². The summed E-state index contributed by atoms with van der Waals surface area (Å²) in [6.07, 6.45) is 15.0. The monoisotopic (exact) mass is 354 g/mol. The molecule has 0 fully saturated rings. The Kier molecular flexibility index (Phi) is 9.49. The van der Waals surface area contributed by atoms with Gasteiger partial charge in [-0.15, -0.1) is 0 Å². The second-order valence-electron chi connectivity index (χ2n) is 7.09. The molecule has 2 aromatic heterocycles. The quantitative estimate of drug-likeness (QED) is 0.359. The SMILES string of the molecule is CCCCCC[SiH](CCCCCC)c1ccc(-c2ccccn2)nc1. The topological polar surface area (TPSA) is 25.8 Å². The summed E-state index contributed by atoms with van der Waals surface area (Å²) in [7, 11) is -0.875. The fourth-order valence-corrected chi connectivity index (χ4v) is 6.60. The van der Waals surface area contributed by atoms with Crippen molar-refractivity contribution in [1.29, 1.82) is 0 Å². The van der Waals surface area contributed by atoms with Crippen molar-refractivity contribution in [2.45, 2.75) is 77.3 Å². The van der Waals surface area contributed by atoms with E-state index in [-0.39, 0.29) is 0 Å². The van der Waals surface area contributed by atoms with Gasteiger partial charge in [0.15, 0.2) is 0 Å². The highest BCUT2D eigenvalue weighted by molar-refractivity contribution is 6.73. The number of pyridine rings is 2. The van der Waals surface area contributed by atoms with E-state index in [0.29, 0.717) is 0 Å². The molecule has 0 aliphatic heterocycles. The number of nitrogens with zero attached hydrogens (tertiary/aromatic N) is 2. The zero-order chi connectivity index (χ0) is 17.7. The van der Waals surface area contributed by atoms with Gasteiger partial charge in [0, 0.05) is 12.4 Å². The number of rotatable bonds is 12. The molecule has 136 valence electrons. The van der Waals surface area contributed by atoms with Crippen molar-refractivity contribution in [3.8, 4) is 11.4 Å². The Morgan fingerprint density at radius 3 is 1.92 bits per heavy atom. The van der Waals surface area contributed by atoms with Gasteiger partial charge < -0.3 is 0 Å². The van der Waals surface area contributed by atoms with Gasteiger partial charge in [-0.2, -0.15) is 0 Å². The fraction of sp³-hybridized carbons (Fsp3) is 0.545. The molecule has 0 aliphatic carbocycles. The molecular formula is C22H34N2Si. The summed E-state index contributed by atoms with van der Waals surface area (Å²) in [6.45, 7) is 4.58. The van der Waals surface area contributed by atoms with Crippen molar-refractivity contribution < 1.29 is 0 Å². The lowest BCUT2D eigenvalue weighted by Crippen LogP contribution is -2.30. The number of hydrogen-bond donors (Lipinski definition) is 0. The second-order valence-corrected chi connectivity index (χ2v) is 10.3. The Labute approximate surface area is 155 Å². The number of aromatic nitrogens is 2. The molecule has 25 heavy (non-hydrogen) atoms. The molecule has 2 nitrogen and oxygen atoms in total. The van der Waals surface area contributed by atoms with Gasteiger partial charge in [0.2, 0.25) is 0 Å². The minimum absolute atomic E-state index is 0.875. The molecule has 2 aromatic rings. The Hall–Kier alpha value is -1.48. The summed E-state index contributed by atoms with van der Waals surface area (Å²) in [5, 5.41) is 1.55. The summed E-state index contributed by atoms with van der Waals surface area (Å²) >= 11 is 0. The van der Waals surface area contributed by atoms with E-state index in [1.54, 1.807) is 5.19 Å². The predicted octanol–water partition coefficient (Wildman–Crippen LogP) is 5.74. The molecule has 0 N–H and O–H groups in total. The van der Waals surface area contributed by atoms with Crippen LogP contribution in [0.3, 0.4) is 0 Å². The summed E-state index contributed by atoms with van der Waals surface area (Å²) in [5.74, 6) is 0. The molecule has 0 radical (unpaired) electrons. The van der Waals surface area contributed by atoms with Crippen LogP contribution >= 0.6 is 0 Å². The largest absolute Gasteiger partial charge is 0.255 e. The Morgan fingerprint density at radius 1 is 0.720 bits per heavy atom. The predicted molar refractivity (Wildman–Crippen MR) is 112 cm³/mol. The van der Waals surface area contributed by atoms with E-state index in [9.17, 15) is 0 Å². The van der Waals surface area contributed by atoms with Crippen molar-refractivity contribution in [3.05, 3.63) is 42.7 Å². The molecule has 3 heteroatoms. The maximum absolute atomic E-state index is 4.73. The minimum atomic E-state index is -0.875. The molecule has 0 aliphatic rings. The first kappa shape index (κ1) is 19.8. The molecule has 0 saturated heterocycles. The molecule has 0 unspecified atom stereocenters. The molecule has 0 saturated carbocycles. The summed E-state index contributed by atoms with van der Waals surface area (Å²) in [4.78, 5) is 9.14. The van der Waals surface area contributed by atoms with Crippen LogP contribution in [-0.2, 0) is 0 Å². The van der Waals surface area contributed by atoms with Gasteiger partial charge >= 0.3 is 0 Å². The van der Waals surface area contributed by atoms with E-state index in [2.05, 4.69) is 37.2 Å². The zero-order valence-corrected chi connectivity index (χ0v) is 17.2. The summed E-state index contributed by atoms with van der Waals surface area (Å²) in [5.41, 5.74) is 1.97. The van der Waals surface area contributed by atoms with E-state index in [4.69, 9.17) is 4.98 Å². The molecule has 0 aromatic carbocycles. The van der Waals surface area contributed by atoms with E-state index in [0.717, 1.165) is 11.4 Å². The lowest BCUT2D eigenvalue weighted by Gasteiger charge is -2.16. The van der Waals surface area contributed by atoms with Crippen LogP contribution in [0.4, 0.5) is 0 Å². The third-order valence-corrected chi connectivity index (χ3v) is 8.49. The van der Waals surface area contributed by atoms with Gasteiger partial charge in [0.1, 0.15) is 0 Å². The molecule has 0 bridgehead atoms. The second kappa shape index (κ2) is 12.0. The Bertz CT molecular complexity index is 556. The summed E-state index contributed by atoms with van der Waals surface area (Å²) in [6, 6.07) is 13.4.